The third-order valence-corrected chi connectivity index (χ3v) is 7.53. The molecule has 1 aliphatic heterocycles. The smallest absolute Gasteiger partial charge is 0.224 e. The van der Waals surface area contributed by atoms with E-state index in [2.05, 4.69) is 33.5 Å². The van der Waals surface area contributed by atoms with E-state index in [-0.39, 0.29) is 17.8 Å². The zero-order valence-corrected chi connectivity index (χ0v) is 22.3. The number of carbonyl (C=O) groups excluding carboxylic acids is 1. The normalized spacial score (nSPS) is 14.3. The van der Waals surface area contributed by atoms with Crippen molar-refractivity contribution in [3.8, 4) is 0 Å². The van der Waals surface area contributed by atoms with Gasteiger partial charge in [-0.15, -0.1) is 0 Å². The van der Waals surface area contributed by atoms with E-state index in [1.165, 1.54) is 0 Å². The maximum atomic E-state index is 13.7. The van der Waals surface area contributed by atoms with Crippen LogP contribution in [0.15, 0.2) is 78.1 Å². The zero-order chi connectivity index (χ0) is 26.8. The number of rotatable bonds is 8. The number of nitrogens with one attached hydrogen (secondary N) is 1. The summed E-state index contributed by atoms with van der Waals surface area (Å²) in [6.45, 7) is 4.29. The number of halogens is 1. The monoisotopic (exact) mass is 540 g/mol. The summed E-state index contributed by atoms with van der Waals surface area (Å²) in [7, 11) is 0. The van der Waals surface area contributed by atoms with Gasteiger partial charge in [0.05, 0.1) is 25.2 Å². The molecule has 4 heterocycles. The molecule has 1 saturated heterocycles. The van der Waals surface area contributed by atoms with Crippen LogP contribution >= 0.6 is 11.6 Å². The number of nitrogens with zero attached hydrogens (tertiary/aromatic N) is 3. The topological polar surface area (TPSA) is 75.9 Å². The molecule has 5 aromatic rings. The lowest BCUT2D eigenvalue weighted by Gasteiger charge is -2.26. The van der Waals surface area contributed by atoms with Gasteiger partial charge in [-0.05, 0) is 52.6 Å². The van der Waals surface area contributed by atoms with Crippen LogP contribution in [0.3, 0.4) is 0 Å². The van der Waals surface area contributed by atoms with Crippen molar-refractivity contribution in [1.29, 1.82) is 0 Å². The van der Waals surface area contributed by atoms with Crippen molar-refractivity contribution >= 4 is 33.8 Å². The fraction of sp³-hybridized carbons (Fsp3) is 0.258. The molecule has 1 N–H and O–H groups in total. The highest BCUT2D eigenvalue weighted by molar-refractivity contribution is 6.30. The van der Waals surface area contributed by atoms with Gasteiger partial charge in [0.25, 0.3) is 0 Å². The molecule has 1 amide bonds. The number of hydrogen-bond donors (Lipinski definition) is 1. The highest BCUT2D eigenvalue weighted by Crippen LogP contribution is 2.29. The number of aromatic nitrogens is 2. The molecule has 0 saturated carbocycles. The van der Waals surface area contributed by atoms with Crippen LogP contribution in [-0.2, 0) is 35.5 Å². The second-order valence-corrected chi connectivity index (χ2v) is 10.5. The van der Waals surface area contributed by atoms with Crippen LogP contribution in [0.5, 0.6) is 0 Å². The lowest BCUT2D eigenvalue weighted by Crippen LogP contribution is -2.35. The molecule has 0 spiro atoms. The molecule has 0 aliphatic carbocycles. The minimum Gasteiger partial charge on any atom is -0.379 e. The third kappa shape index (κ3) is 5.66. The maximum absolute atomic E-state index is 13.7. The van der Waals surface area contributed by atoms with Crippen molar-refractivity contribution in [2.75, 3.05) is 26.3 Å². The molecule has 0 radical (unpaired) electrons. The van der Waals surface area contributed by atoms with Gasteiger partial charge in [-0.2, -0.15) is 0 Å². The summed E-state index contributed by atoms with van der Waals surface area (Å²) in [5.41, 5.74) is 5.55. The predicted molar refractivity (Wildman–Crippen MR) is 153 cm³/mol. The molecule has 8 heteroatoms. The van der Waals surface area contributed by atoms with Crippen LogP contribution in [0, 0.1) is 0 Å². The zero-order valence-electron chi connectivity index (χ0n) is 21.5. The Morgan fingerprint density at radius 1 is 0.974 bits per heavy atom. The van der Waals surface area contributed by atoms with E-state index in [0.29, 0.717) is 42.2 Å². The number of ether oxygens (including phenoxy) is 1. The van der Waals surface area contributed by atoms with Crippen LogP contribution in [0.2, 0.25) is 5.02 Å². The van der Waals surface area contributed by atoms with E-state index in [1.54, 1.807) is 18.3 Å². The Morgan fingerprint density at radius 2 is 1.74 bits per heavy atom. The van der Waals surface area contributed by atoms with Gasteiger partial charge in [0, 0.05) is 78.7 Å². The summed E-state index contributed by atoms with van der Waals surface area (Å²) in [6.07, 6.45) is 8.25. The number of hydrogen-bond acceptors (Lipinski definition) is 5. The van der Waals surface area contributed by atoms with E-state index in [9.17, 15) is 9.59 Å². The first-order chi connectivity index (χ1) is 19.0. The molecule has 7 nitrogen and oxygen atoms in total. The van der Waals surface area contributed by atoms with Gasteiger partial charge >= 0.3 is 0 Å². The molecule has 39 heavy (non-hydrogen) atoms. The minimum absolute atomic E-state index is 0.0111. The standard InChI is InChI=1S/C31H29ClN4O3/c32-26-5-3-21(4-6-26)17-34-29(37)15-25-20-36-19-24(12-22-2-1-7-33-16-22)27-13-23(14-28(30(27)36)31(25)38)18-35-8-10-39-11-9-35/h1-7,13-14,16,19-20H,8-12,15,17-18H2,(H,34,37). The lowest BCUT2D eigenvalue weighted by molar-refractivity contribution is -0.120. The van der Waals surface area contributed by atoms with Crippen molar-refractivity contribution in [3.05, 3.63) is 116 Å². The average Bonchev–Trinajstić information content (AvgIpc) is 3.29. The Morgan fingerprint density at radius 3 is 2.51 bits per heavy atom. The van der Waals surface area contributed by atoms with Gasteiger partial charge in [-0.25, -0.2) is 0 Å². The number of carbonyl (C=O) groups is 1. The van der Waals surface area contributed by atoms with Gasteiger partial charge in [0.15, 0.2) is 5.43 Å². The first-order valence-electron chi connectivity index (χ1n) is 13.2. The Balaban J connectivity index is 1.34. The summed E-state index contributed by atoms with van der Waals surface area (Å²) < 4.78 is 7.53. The highest BCUT2D eigenvalue weighted by atomic mass is 35.5. The van der Waals surface area contributed by atoms with Crippen LogP contribution in [-0.4, -0.2) is 46.5 Å². The SMILES string of the molecule is O=C(Cc1cn2cc(Cc3cccnc3)c3cc(CN4CCOCC4)cc(c1=O)c32)NCc1ccc(Cl)cc1. The summed E-state index contributed by atoms with van der Waals surface area (Å²) in [4.78, 5) is 33.2. The van der Waals surface area contributed by atoms with Crippen molar-refractivity contribution in [2.45, 2.75) is 25.9 Å². The van der Waals surface area contributed by atoms with Gasteiger partial charge < -0.3 is 14.5 Å². The van der Waals surface area contributed by atoms with Crippen molar-refractivity contribution in [2.24, 2.45) is 0 Å². The molecular formula is C31H29ClN4O3. The second-order valence-electron chi connectivity index (χ2n) is 10.1. The predicted octanol–water partition coefficient (Wildman–Crippen LogP) is 4.22. The van der Waals surface area contributed by atoms with E-state index in [4.69, 9.17) is 16.3 Å². The molecule has 1 fully saturated rings. The number of morpholine rings is 1. The molecule has 2 aromatic carbocycles. The van der Waals surface area contributed by atoms with Gasteiger partial charge in [0.1, 0.15) is 0 Å². The maximum Gasteiger partial charge on any atom is 0.224 e. The van der Waals surface area contributed by atoms with E-state index in [1.807, 2.05) is 41.1 Å². The summed E-state index contributed by atoms with van der Waals surface area (Å²) >= 11 is 5.96. The summed E-state index contributed by atoms with van der Waals surface area (Å²) in [6, 6.07) is 15.5. The van der Waals surface area contributed by atoms with Crippen molar-refractivity contribution in [1.82, 2.24) is 19.6 Å². The van der Waals surface area contributed by atoms with Crippen LogP contribution in [0.1, 0.15) is 27.8 Å². The number of pyridine rings is 2. The van der Waals surface area contributed by atoms with E-state index in [0.717, 1.165) is 52.8 Å². The Bertz CT molecular complexity index is 1660. The van der Waals surface area contributed by atoms with Gasteiger partial charge in [-0.3, -0.25) is 19.5 Å². The quantitative estimate of drug-likeness (QED) is 0.319. The van der Waals surface area contributed by atoms with E-state index >= 15 is 0 Å². The highest BCUT2D eigenvalue weighted by Gasteiger charge is 2.19. The molecule has 0 atom stereocenters. The largest absolute Gasteiger partial charge is 0.379 e. The Kier molecular flexibility index (Phi) is 7.28. The van der Waals surface area contributed by atoms with Gasteiger partial charge in [0.2, 0.25) is 5.91 Å². The minimum atomic E-state index is -0.198. The van der Waals surface area contributed by atoms with Crippen LogP contribution < -0.4 is 10.7 Å². The molecule has 1 aliphatic rings. The fourth-order valence-corrected chi connectivity index (χ4v) is 5.46. The molecule has 3 aromatic heterocycles. The second kappa shape index (κ2) is 11.1. The summed E-state index contributed by atoms with van der Waals surface area (Å²) in [5, 5.41) is 5.29. The average molecular weight is 541 g/mol. The van der Waals surface area contributed by atoms with E-state index < -0.39 is 0 Å². The molecule has 6 rings (SSSR count). The molecule has 198 valence electrons. The van der Waals surface area contributed by atoms with Crippen molar-refractivity contribution < 1.29 is 9.53 Å². The third-order valence-electron chi connectivity index (χ3n) is 7.28. The fourth-order valence-electron chi connectivity index (χ4n) is 5.33. The Labute approximate surface area is 231 Å². The van der Waals surface area contributed by atoms with Gasteiger partial charge in [-0.1, -0.05) is 29.8 Å². The lowest BCUT2D eigenvalue weighted by atomic mass is 10.00. The summed E-state index contributed by atoms with van der Waals surface area (Å²) in [5.74, 6) is -0.198. The first-order valence-corrected chi connectivity index (χ1v) is 13.5. The first kappa shape index (κ1) is 25.5. The molecule has 0 bridgehead atoms. The molecule has 0 unspecified atom stereocenters. The molecular weight excluding hydrogens is 512 g/mol. The number of amides is 1. The van der Waals surface area contributed by atoms with Crippen molar-refractivity contribution in [3.63, 3.8) is 0 Å². The van der Waals surface area contributed by atoms with Crippen LogP contribution in [0.4, 0.5) is 0 Å². The Hall–Kier alpha value is -3.78. The van der Waals surface area contributed by atoms with Crippen LogP contribution in [0.25, 0.3) is 16.3 Å². The number of benzene rings is 2.